The first-order valence-electron chi connectivity index (χ1n) is 7.03. The molecule has 2 bridgehead atoms. The van der Waals surface area contributed by atoms with Gasteiger partial charge in [0.1, 0.15) is 0 Å². The molecular formula is C15H24O2. The summed E-state index contributed by atoms with van der Waals surface area (Å²) in [6.45, 7) is 4.96. The van der Waals surface area contributed by atoms with Crippen LogP contribution in [0.4, 0.5) is 0 Å². The Kier molecular flexibility index (Phi) is 3.90. The van der Waals surface area contributed by atoms with Crippen molar-refractivity contribution < 1.29 is 9.53 Å². The normalized spacial score (nSPS) is 31.8. The molecule has 0 N–H and O–H groups in total. The van der Waals surface area contributed by atoms with Crippen molar-refractivity contribution >= 4 is 5.97 Å². The number of carbonyl (C=O) groups excluding carboxylic acids is 1. The average Bonchev–Trinajstić information content (AvgIpc) is 2.94. The zero-order chi connectivity index (χ0) is 12.3. The van der Waals surface area contributed by atoms with Crippen LogP contribution < -0.4 is 0 Å². The highest BCUT2D eigenvalue weighted by Crippen LogP contribution is 2.49. The maximum absolute atomic E-state index is 12.1. The molecule has 1 saturated carbocycles. The molecule has 2 aliphatic rings. The molecular weight excluding hydrogens is 212 g/mol. The molecule has 0 aromatic carbocycles. The lowest BCUT2D eigenvalue weighted by molar-refractivity contribution is -0.153. The minimum Gasteiger partial charge on any atom is -0.465 e. The monoisotopic (exact) mass is 236 g/mol. The second-order valence-electron chi connectivity index (χ2n) is 5.86. The lowest BCUT2D eigenvalue weighted by Crippen LogP contribution is -2.28. The molecule has 0 aliphatic heterocycles. The predicted octanol–water partition coefficient (Wildman–Crippen LogP) is 3.71. The smallest absolute Gasteiger partial charge is 0.315 e. The van der Waals surface area contributed by atoms with Crippen LogP contribution in [0, 0.1) is 17.3 Å². The van der Waals surface area contributed by atoms with E-state index in [9.17, 15) is 4.79 Å². The molecule has 0 amide bonds. The van der Waals surface area contributed by atoms with E-state index in [0.29, 0.717) is 18.4 Å². The van der Waals surface area contributed by atoms with Gasteiger partial charge in [-0.3, -0.25) is 4.79 Å². The van der Waals surface area contributed by atoms with E-state index in [1.165, 1.54) is 12.8 Å². The number of ether oxygens (including phenoxy) is 1. The molecule has 0 heterocycles. The van der Waals surface area contributed by atoms with Crippen molar-refractivity contribution in [3.63, 3.8) is 0 Å². The summed E-state index contributed by atoms with van der Waals surface area (Å²) < 4.78 is 5.52. The van der Waals surface area contributed by atoms with E-state index in [0.717, 1.165) is 25.7 Å². The highest BCUT2D eigenvalue weighted by atomic mass is 16.5. The summed E-state index contributed by atoms with van der Waals surface area (Å²) in [6, 6.07) is 0. The average molecular weight is 236 g/mol. The van der Waals surface area contributed by atoms with Crippen molar-refractivity contribution in [2.75, 3.05) is 6.61 Å². The second kappa shape index (κ2) is 5.24. The number of hydrogen-bond acceptors (Lipinski definition) is 2. The van der Waals surface area contributed by atoms with Crippen LogP contribution in [0.2, 0.25) is 0 Å². The third kappa shape index (κ3) is 2.72. The fraction of sp³-hybridized carbons (Fsp3) is 0.800. The van der Waals surface area contributed by atoms with Crippen molar-refractivity contribution in [3.8, 4) is 0 Å². The van der Waals surface area contributed by atoms with Crippen molar-refractivity contribution in [2.45, 2.75) is 52.4 Å². The minimum atomic E-state index is -0.241. The van der Waals surface area contributed by atoms with Gasteiger partial charge in [-0.25, -0.2) is 0 Å². The van der Waals surface area contributed by atoms with E-state index < -0.39 is 0 Å². The molecule has 0 saturated heterocycles. The number of esters is 1. The largest absolute Gasteiger partial charge is 0.465 e. The highest BCUT2D eigenvalue weighted by Gasteiger charge is 2.47. The van der Waals surface area contributed by atoms with Crippen LogP contribution in [0.15, 0.2) is 12.2 Å². The van der Waals surface area contributed by atoms with Gasteiger partial charge in [0.05, 0.1) is 12.0 Å². The SMILES string of the molecule is CCCCC(C)COC(=O)C12C=CC(CC1)C2. The van der Waals surface area contributed by atoms with Gasteiger partial charge in [0, 0.05) is 0 Å². The molecule has 2 nitrogen and oxygen atoms in total. The van der Waals surface area contributed by atoms with E-state index in [4.69, 9.17) is 4.74 Å². The highest BCUT2D eigenvalue weighted by molar-refractivity contribution is 5.80. The van der Waals surface area contributed by atoms with Crippen molar-refractivity contribution in [3.05, 3.63) is 12.2 Å². The summed E-state index contributed by atoms with van der Waals surface area (Å²) in [5.41, 5.74) is -0.241. The lowest BCUT2D eigenvalue weighted by Gasteiger charge is -2.22. The summed E-state index contributed by atoms with van der Waals surface area (Å²) >= 11 is 0. The number of unbranched alkanes of at least 4 members (excludes halogenated alkanes) is 1. The summed E-state index contributed by atoms with van der Waals surface area (Å²) in [5.74, 6) is 1.16. The number of allylic oxidation sites excluding steroid dienone is 1. The van der Waals surface area contributed by atoms with Gasteiger partial charge in [-0.05, 0) is 37.5 Å². The van der Waals surface area contributed by atoms with Crippen LogP contribution in [0.5, 0.6) is 0 Å². The molecule has 0 spiro atoms. The Balaban J connectivity index is 1.76. The first-order valence-corrected chi connectivity index (χ1v) is 7.03. The van der Waals surface area contributed by atoms with Crippen molar-refractivity contribution in [1.82, 2.24) is 0 Å². The zero-order valence-corrected chi connectivity index (χ0v) is 11.1. The first kappa shape index (κ1) is 12.7. The van der Waals surface area contributed by atoms with E-state index in [1.54, 1.807) is 0 Å². The van der Waals surface area contributed by atoms with Gasteiger partial charge in [0.2, 0.25) is 0 Å². The Morgan fingerprint density at radius 2 is 2.41 bits per heavy atom. The van der Waals surface area contributed by atoms with Crippen LogP contribution in [-0.2, 0) is 9.53 Å². The molecule has 0 aromatic heterocycles. The molecule has 2 aliphatic carbocycles. The summed E-state index contributed by atoms with van der Waals surface area (Å²) in [7, 11) is 0. The molecule has 2 heteroatoms. The quantitative estimate of drug-likeness (QED) is 0.519. The van der Waals surface area contributed by atoms with Gasteiger partial charge in [-0.2, -0.15) is 0 Å². The van der Waals surface area contributed by atoms with E-state index in [1.807, 2.05) is 0 Å². The van der Waals surface area contributed by atoms with Gasteiger partial charge >= 0.3 is 5.97 Å². The maximum Gasteiger partial charge on any atom is 0.315 e. The molecule has 3 unspecified atom stereocenters. The molecule has 1 fully saturated rings. The molecule has 2 rings (SSSR count). The van der Waals surface area contributed by atoms with E-state index in [-0.39, 0.29) is 11.4 Å². The van der Waals surface area contributed by atoms with Crippen molar-refractivity contribution in [2.24, 2.45) is 17.3 Å². The Labute approximate surface area is 104 Å². The molecule has 17 heavy (non-hydrogen) atoms. The van der Waals surface area contributed by atoms with Gasteiger partial charge in [-0.15, -0.1) is 0 Å². The van der Waals surface area contributed by atoms with Crippen LogP contribution in [0.3, 0.4) is 0 Å². The van der Waals surface area contributed by atoms with Crippen LogP contribution in [0.25, 0.3) is 0 Å². The van der Waals surface area contributed by atoms with Crippen molar-refractivity contribution in [1.29, 1.82) is 0 Å². The van der Waals surface area contributed by atoms with Gasteiger partial charge in [-0.1, -0.05) is 38.8 Å². The summed E-state index contributed by atoms with van der Waals surface area (Å²) in [5, 5.41) is 0. The Hall–Kier alpha value is -0.790. The second-order valence-corrected chi connectivity index (χ2v) is 5.86. The van der Waals surface area contributed by atoms with Crippen LogP contribution in [0.1, 0.15) is 52.4 Å². The third-order valence-electron chi connectivity index (χ3n) is 4.23. The Morgan fingerprint density at radius 1 is 1.59 bits per heavy atom. The molecule has 0 radical (unpaired) electrons. The molecule has 3 atom stereocenters. The summed E-state index contributed by atoms with van der Waals surface area (Å²) in [6.07, 6.45) is 11.1. The third-order valence-corrected chi connectivity index (χ3v) is 4.23. The Morgan fingerprint density at radius 3 is 2.94 bits per heavy atom. The molecule has 96 valence electrons. The van der Waals surface area contributed by atoms with Gasteiger partial charge < -0.3 is 4.74 Å². The van der Waals surface area contributed by atoms with Crippen LogP contribution in [-0.4, -0.2) is 12.6 Å². The topological polar surface area (TPSA) is 26.3 Å². The maximum atomic E-state index is 12.1. The van der Waals surface area contributed by atoms with Gasteiger partial charge in [0.25, 0.3) is 0 Å². The summed E-state index contributed by atoms with van der Waals surface area (Å²) in [4.78, 5) is 12.1. The Bertz CT molecular complexity index is 308. The first-order chi connectivity index (χ1) is 8.16. The van der Waals surface area contributed by atoms with Gasteiger partial charge in [0.15, 0.2) is 0 Å². The fourth-order valence-corrected chi connectivity index (χ4v) is 3.00. The number of fused-ring (bicyclic) bond motifs is 2. The lowest BCUT2D eigenvalue weighted by atomic mass is 9.88. The number of hydrogen-bond donors (Lipinski definition) is 0. The zero-order valence-electron chi connectivity index (χ0n) is 11.1. The number of rotatable bonds is 6. The van der Waals surface area contributed by atoms with Crippen LogP contribution >= 0.6 is 0 Å². The predicted molar refractivity (Wildman–Crippen MR) is 68.6 cm³/mol. The minimum absolute atomic E-state index is 0.0251. The number of carbonyl (C=O) groups is 1. The van der Waals surface area contributed by atoms with E-state index in [2.05, 4.69) is 26.0 Å². The standard InChI is InChI=1S/C15H24O2/c1-3-4-5-12(2)11-17-14(16)15-8-6-13(10-15)7-9-15/h6,8,12-13H,3-5,7,9-11H2,1-2H3. The molecule has 0 aromatic rings. The fourth-order valence-electron chi connectivity index (χ4n) is 3.00. The van der Waals surface area contributed by atoms with E-state index >= 15 is 0 Å².